The summed E-state index contributed by atoms with van der Waals surface area (Å²) < 4.78 is 0. The molecule has 4 heteroatoms. The summed E-state index contributed by atoms with van der Waals surface area (Å²) in [4.78, 5) is 0. The number of hydrogen-bond acceptors (Lipinski definition) is 3. The Morgan fingerprint density at radius 2 is 1.38 bits per heavy atom. The lowest BCUT2D eigenvalue weighted by Crippen LogP contribution is -2.55. The van der Waals surface area contributed by atoms with Crippen molar-refractivity contribution in [3.63, 3.8) is 0 Å². The molecular weight excluding hydrogens is 277 g/mol. The number of nitrogens with two attached hydrogens (primary N) is 2. The minimum Gasteiger partial charge on any atom is -0.385 e. The largest absolute Gasteiger partial charge is 0.385 e. The molecule has 3 rings (SSSR count). The second-order valence-corrected chi connectivity index (χ2v) is 7.38. The summed E-state index contributed by atoms with van der Waals surface area (Å²) in [6.07, 6.45) is 5.75. The van der Waals surface area contributed by atoms with Crippen molar-refractivity contribution >= 4 is 18.5 Å². The number of nitrogens with one attached hydrogen (secondary N) is 1. The molecule has 0 bridgehead atoms. The summed E-state index contributed by atoms with van der Waals surface area (Å²) >= 11 is 0. The van der Waals surface area contributed by atoms with Gasteiger partial charge >= 0.3 is 0 Å². The molecule has 0 aromatic heterocycles. The van der Waals surface area contributed by atoms with Crippen LogP contribution in [0.25, 0.3) is 0 Å². The van der Waals surface area contributed by atoms with E-state index in [1.807, 2.05) is 54.6 Å². The highest BCUT2D eigenvalue weighted by Crippen LogP contribution is 2.45. The first-order chi connectivity index (χ1) is 10.2. The van der Waals surface area contributed by atoms with Crippen LogP contribution in [0.1, 0.15) is 0 Å². The Morgan fingerprint density at radius 1 is 0.857 bits per heavy atom. The first-order valence-corrected chi connectivity index (χ1v) is 8.16. The Labute approximate surface area is 126 Å². The summed E-state index contributed by atoms with van der Waals surface area (Å²) in [6, 6.07) is 20.7. The number of dihydropyridines is 1. The van der Waals surface area contributed by atoms with Gasteiger partial charge in [-0.3, -0.25) is 0 Å². The predicted octanol–water partition coefficient (Wildman–Crippen LogP) is 1.69. The Bertz CT molecular complexity index is 627. The van der Waals surface area contributed by atoms with E-state index < -0.39 is 13.3 Å². The van der Waals surface area contributed by atoms with Crippen LogP contribution in [0.3, 0.4) is 0 Å². The monoisotopic (exact) mass is 295 g/mol. The van der Waals surface area contributed by atoms with E-state index in [4.69, 9.17) is 11.5 Å². The van der Waals surface area contributed by atoms with Crippen LogP contribution >= 0.6 is 7.92 Å². The second-order valence-electron chi connectivity index (χ2n) is 4.94. The standard InChI is InChI=1S/C17H18N3P/c18-16-12-7-13-17(19,20-16)21(14-8-3-1-4-9-14)15-10-5-2-6-11-15/h1-13,20H,18-19H2. The van der Waals surface area contributed by atoms with Crippen LogP contribution in [0.5, 0.6) is 0 Å². The number of allylic oxidation sites excluding steroid dienone is 2. The summed E-state index contributed by atoms with van der Waals surface area (Å²) in [6.45, 7) is 0. The van der Waals surface area contributed by atoms with Crippen LogP contribution in [-0.4, -0.2) is 5.40 Å². The SMILES string of the molecule is NC1=CC=CC(N)(P(c2ccccc2)c2ccccc2)N1. The maximum Gasteiger partial charge on any atom is 0.134 e. The molecule has 1 aliphatic heterocycles. The van der Waals surface area contributed by atoms with Crippen LogP contribution in [0, 0.1) is 0 Å². The van der Waals surface area contributed by atoms with Gasteiger partial charge in [0.25, 0.3) is 0 Å². The molecule has 0 fully saturated rings. The Morgan fingerprint density at radius 3 is 1.86 bits per heavy atom. The van der Waals surface area contributed by atoms with E-state index in [0.717, 1.165) is 0 Å². The van der Waals surface area contributed by atoms with Crippen molar-refractivity contribution in [2.75, 3.05) is 0 Å². The molecule has 1 unspecified atom stereocenters. The third kappa shape index (κ3) is 2.85. The van der Waals surface area contributed by atoms with Crippen molar-refractivity contribution in [2.45, 2.75) is 5.40 Å². The van der Waals surface area contributed by atoms with E-state index in [0.29, 0.717) is 5.82 Å². The molecule has 2 aromatic rings. The first-order valence-electron chi connectivity index (χ1n) is 6.81. The number of hydrogen-bond donors (Lipinski definition) is 3. The summed E-state index contributed by atoms with van der Waals surface area (Å²) in [5.41, 5.74) is 12.6. The van der Waals surface area contributed by atoms with Gasteiger partial charge < -0.3 is 16.8 Å². The minimum atomic E-state index is -0.819. The lowest BCUT2D eigenvalue weighted by atomic mass is 10.3. The molecule has 2 aromatic carbocycles. The van der Waals surface area contributed by atoms with Gasteiger partial charge in [-0.15, -0.1) is 0 Å². The van der Waals surface area contributed by atoms with Crippen LogP contribution in [-0.2, 0) is 0 Å². The Balaban J connectivity index is 2.10. The molecule has 106 valence electrons. The number of rotatable bonds is 3. The highest BCUT2D eigenvalue weighted by atomic mass is 31.1. The molecule has 21 heavy (non-hydrogen) atoms. The van der Waals surface area contributed by atoms with Gasteiger partial charge in [0.05, 0.1) is 5.82 Å². The second kappa shape index (κ2) is 5.72. The summed E-state index contributed by atoms with van der Waals surface area (Å²) in [5, 5.41) is 5.00. The smallest absolute Gasteiger partial charge is 0.134 e. The zero-order chi connectivity index (χ0) is 14.7. The van der Waals surface area contributed by atoms with E-state index in [9.17, 15) is 0 Å². The molecular formula is C17H18N3P. The van der Waals surface area contributed by atoms with Crippen LogP contribution in [0.2, 0.25) is 0 Å². The van der Waals surface area contributed by atoms with Gasteiger partial charge in [0.2, 0.25) is 0 Å². The Kier molecular flexibility index (Phi) is 3.78. The summed E-state index contributed by atoms with van der Waals surface area (Å²) in [7, 11) is -0.819. The van der Waals surface area contributed by atoms with Crippen molar-refractivity contribution < 1.29 is 0 Å². The van der Waals surface area contributed by atoms with Gasteiger partial charge in [-0.25, -0.2) is 0 Å². The molecule has 0 amide bonds. The fourth-order valence-electron chi connectivity index (χ4n) is 2.47. The zero-order valence-electron chi connectivity index (χ0n) is 11.6. The molecule has 0 saturated heterocycles. The highest BCUT2D eigenvalue weighted by Gasteiger charge is 2.36. The number of benzene rings is 2. The highest BCUT2D eigenvalue weighted by molar-refractivity contribution is 7.74. The van der Waals surface area contributed by atoms with E-state index >= 15 is 0 Å². The van der Waals surface area contributed by atoms with Gasteiger partial charge in [-0.2, -0.15) is 0 Å². The first kappa shape index (κ1) is 13.9. The third-order valence-electron chi connectivity index (χ3n) is 3.37. The fourth-order valence-corrected chi connectivity index (χ4v) is 5.04. The Hall–Kier alpha value is -2.09. The molecule has 1 heterocycles. The van der Waals surface area contributed by atoms with Crippen molar-refractivity contribution in [2.24, 2.45) is 11.5 Å². The average molecular weight is 295 g/mol. The van der Waals surface area contributed by atoms with E-state index in [1.165, 1.54) is 10.6 Å². The molecule has 5 N–H and O–H groups in total. The lowest BCUT2D eigenvalue weighted by molar-refractivity contribution is 0.621. The molecule has 0 saturated carbocycles. The lowest BCUT2D eigenvalue weighted by Gasteiger charge is -2.38. The van der Waals surface area contributed by atoms with E-state index in [1.54, 1.807) is 0 Å². The average Bonchev–Trinajstić information content (AvgIpc) is 2.49. The summed E-state index contributed by atoms with van der Waals surface area (Å²) in [5.74, 6) is 0.597. The molecule has 3 nitrogen and oxygen atoms in total. The van der Waals surface area contributed by atoms with Crippen LogP contribution in [0.4, 0.5) is 0 Å². The van der Waals surface area contributed by atoms with Crippen LogP contribution in [0.15, 0.2) is 84.7 Å². The van der Waals surface area contributed by atoms with Crippen LogP contribution < -0.4 is 27.4 Å². The topological polar surface area (TPSA) is 64.1 Å². The van der Waals surface area contributed by atoms with Crippen molar-refractivity contribution in [1.29, 1.82) is 0 Å². The van der Waals surface area contributed by atoms with E-state index in [-0.39, 0.29) is 0 Å². The van der Waals surface area contributed by atoms with Crippen molar-refractivity contribution in [3.8, 4) is 0 Å². The maximum atomic E-state index is 6.67. The maximum absolute atomic E-state index is 6.67. The molecule has 0 spiro atoms. The van der Waals surface area contributed by atoms with Gasteiger partial charge in [-0.05, 0) is 22.8 Å². The predicted molar refractivity (Wildman–Crippen MR) is 90.5 cm³/mol. The van der Waals surface area contributed by atoms with Gasteiger partial charge in [0, 0.05) is 7.92 Å². The third-order valence-corrected chi connectivity index (χ3v) is 6.00. The molecule has 0 radical (unpaired) electrons. The van der Waals surface area contributed by atoms with Gasteiger partial charge in [0.15, 0.2) is 0 Å². The van der Waals surface area contributed by atoms with Gasteiger partial charge in [0.1, 0.15) is 5.40 Å². The van der Waals surface area contributed by atoms with Crippen molar-refractivity contribution in [3.05, 3.63) is 84.7 Å². The fraction of sp³-hybridized carbons (Fsp3) is 0.0588. The molecule has 1 aliphatic rings. The minimum absolute atomic E-state index is 0.597. The zero-order valence-corrected chi connectivity index (χ0v) is 12.5. The van der Waals surface area contributed by atoms with Gasteiger partial charge in [-0.1, -0.05) is 66.7 Å². The molecule has 0 aliphatic carbocycles. The van der Waals surface area contributed by atoms with Crippen molar-refractivity contribution in [1.82, 2.24) is 5.32 Å². The molecule has 1 atom stereocenters. The van der Waals surface area contributed by atoms with E-state index in [2.05, 4.69) is 29.6 Å². The quantitative estimate of drug-likeness (QED) is 0.755. The normalized spacial score (nSPS) is 21.0.